The molecule has 102 valence electrons. The summed E-state index contributed by atoms with van der Waals surface area (Å²) in [6.45, 7) is 9.00. The van der Waals surface area contributed by atoms with Gasteiger partial charge in [0.2, 0.25) is 0 Å². The van der Waals surface area contributed by atoms with E-state index in [1.165, 1.54) is 22.2 Å². The Morgan fingerprint density at radius 1 is 1.16 bits per heavy atom. The van der Waals surface area contributed by atoms with Crippen molar-refractivity contribution in [3.8, 4) is 0 Å². The maximum Gasteiger partial charge on any atom is 0.0480 e. The fourth-order valence-electron chi connectivity index (χ4n) is 3.05. The van der Waals surface area contributed by atoms with Gasteiger partial charge < -0.3 is 9.88 Å². The molecular weight excluding hydrogens is 234 g/mol. The Morgan fingerprint density at radius 3 is 2.63 bits per heavy atom. The number of nitrogens with one attached hydrogen (secondary N) is 1. The lowest BCUT2D eigenvalue weighted by atomic mass is 10.0. The Labute approximate surface area is 115 Å². The third-order valence-electron chi connectivity index (χ3n) is 4.49. The molecule has 0 spiro atoms. The van der Waals surface area contributed by atoms with E-state index in [9.17, 15) is 0 Å². The lowest BCUT2D eigenvalue weighted by molar-refractivity contribution is 0.185. The van der Waals surface area contributed by atoms with Crippen molar-refractivity contribution in [2.75, 3.05) is 26.2 Å². The number of fused-ring (bicyclic) bond motifs is 1. The molecule has 2 aromatic rings. The van der Waals surface area contributed by atoms with E-state index in [2.05, 4.69) is 59.9 Å². The molecule has 19 heavy (non-hydrogen) atoms. The van der Waals surface area contributed by atoms with Crippen LogP contribution < -0.4 is 5.32 Å². The number of hydrogen-bond donors (Lipinski definition) is 1. The minimum atomic E-state index is 0.506. The zero-order chi connectivity index (χ0) is 13.4. The summed E-state index contributed by atoms with van der Waals surface area (Å²) in [6, 6.07) is 9.69. The highest BCUT2D eigenvalue weighted by atomic mass is 15.2. The van der Waals surface area contributed by atoms with Gasteiger partial charge in [-0.2, -0.15) is 0 Å². The van der Waals surface area contributed by atoms with E-state index in [1.807, 2.05) is 0 Å². The minimum absolute atomic E-state index is 0.506. The first kappa shape index (κ1) is 12.7. The summed E-state index contributed by atoms with van der Waals surface area (Å²) < 4.78 is 2.26. The van der Waals surface area contributed by atoms with Crippen LogP contribution in [0.1, 0.15) is 24.2 Å². The summed E-state index contributed by atoms with van der Waals surface area (Å²) in [6.07, 6.45) is 0. The van der Waals surface area contributed by atoms with Crippen LogP contribution in [0.5, 0.6) is 0 Å². The van der Waals surface area contributed by atoms with Crippen LogP contribution in [0.4, 0.5) is 0 Å². The zero-order valence-corrected chi connectivity index (χ0v) is 12.1. The molecule has 0 bridgehead atoms. The topological polar surface area (TPSA) is 20.2 Å². The first-order chi connectivity index (χ1) is 9.16. The maximum absolute atomic E-state index is 3.42. The predicted molar refractivity (Wildman–Crippen MR) is 80.5 cm³/mol. The van der Waals surface area contributed by atoms with Crippen LogP contribution >= 0.6 is 0 Å². The molecule has 0 radical (unpaired) electrons. The molecule has 1 atom stereocenters. The average Bonchev–Trinajstić information content (AvgIpc) is 2.74. The number of piperazine rings is 1. The highest BCUT2D eigenvalue weighted by Gasteiger charge is 2.18. The van der Waals surface area contributed by atoms with Crippen molar-refractivity contribution in [1.82, 2.24) is 14.8 Å². The summed E-state index contributed by atoms with van der Waals surface area (Å²) in [5, 5.41) is 4.78. The van der Waals surface area contributed by atoms with Gasteiger partial charge in [-0.15, -0.1) is 0 Å². The van der Waals surface area contributed by atoms with Crippen LogP contribution in [0.15, 0.2) is 24.3 Å². The lowest BCUT2D eigenvalue weighted by Gasteiger charge is -2.33. The Morgan fingerprint density at radius 2 is 1.89 bits per heavy atom. The van der Waals surface area contributed by atoms with Gasteiger partial charge in [0, 0.05) is 55.9 Å². The summed E-state index contributed by atoms with van der Waals surface area (Å²) in [7, 11) is 2.14. The molecule has 1 aliphatic rings. The highest BCUT2D eigenvalue weighted by molar-refractivity contribution is 5.82. The average molecular weight is 257 g/mol. The summed E-state index contributed by atoms with van der Waals surface area (Å²) in [5.74, 6) is 0. The number of rotatable bonds is 2. The Kier molecular flexibility index (Phi) is 3.33. The summed E-state index contributed by atoms with van der Waals surface area (Å²) in [4.78, 5) is 2.56. The van der Waals surface area contributed by atoms with Crippen molar-refractivity contribution in [1.29, 1.82) is 0 Å². The molecule has 1 N–H and O–H groups in total. The molecule has 1 unspecified atom stereocenters. The first-order valence-corrected chi connectivity index (χ1v) is 7.17. The molecular formula is C16H23N3. The fraction of sp³-hybridized carbons (Fsp3) is 0.500. The molecule has 3 rings (SSSR count). The van der Waals surface area contributed by atoms with Gasteiger partial charge >= 0.3 is 0 Å². The molecule has 3 heteroatoms. The van der Waals surface area contributed by atoms with Gasteiger partial charge in [0.15, 0.2) is 0 Å². The largest absolute Gasteiger partial charge is 0.348 e. The lowest BCUT2D eigenvalue weighted by Crippen LogP contribution is -2.44. The standard InChI is InChI=1S/C16H23N3/c1-12-10-15-11-14(4-5-16(15)18(12)3)13(2)19-8-6-17-7-9-19/h4-5,10-11,13,17H,6-9H2,1-3H3. The molecule has 1 aromatic heterocycles. The summed E-state index contributed by atoms with van der Waals surface area (Å²) >= 11 is 0. The van der Waals surface area contributed by atoms with E-state index in [4.69, 9.17) is 0 Å². The number of hydrogen-bond acceptors (Lipinski definition) is 2. The van der Waals surface area contributed by atoms with Gasteiger partial charge in [-0.05, 0) is 37.6 Å². The second-order valence-corrected chi connectivity index (χ2v) is 5.62. The molecule has 1 aliphatic heterocycles. The Balaban J connectivity index is 1.91. The monoisotopic (exact) mass is 257 g/mol. The highest BCUT2D eigenvalue weighted by Crippen LogP contribution is 2.26. The third kappa shape index (κ3) is 2.28. The SMILES string of the molecule is Cc1cc2cc(C(C)N3CCNCC3)ccc2n1C. The van der Waals surface area contributed by atoms with Crippen LogP contribution in [0.3, 0.4) is 0 Å². The summed E-state index contributed by atoms with van der Waals surface area (Å²) in [5.41, 5.74) is 4.08. The number of aromatic nitrogens is 1. The molecule has 1 saturated heterocycles. The first-order valence-electron chi connectivity index (χ1n) is 7.17. The molecule has 0 saturated carbocycles. The van der Waals surface area contributed by atoms with Crippen molar-refractivity contribution in [3.63, 3.8) is 0 Å². The van der Waals surface area contributed by atoms with Crippen molar-refractivity contribution in [2.24, 2.45) is 7.05 Å². The van der Waals surface area contributed by atoms with Gasteiger partial charge in [0.1, 0.15) is 0 Å². The quantitative estimate of drug-likeness (QED) is 0.892. The fourth-order valence-corrected chi connectivity index (χ4v) is 3.05. The van der Waals surface area contributed by atoms with E-state index >= 15 is 0 Å². The van der Waals surface area contributed by atoms with Gasteiger partial charge in [-0.3, -0.25) is 4.90 Å². The van der Waals surface area contributed by atoms with Crippen LogP contribution in [0.2, 0.25) is 0 Å². The number of benzene rings is 1. The molecule has 0 aliphatic carbocycles. The smallest absolute Gasteiger partial charge is 0.0480 e. The third-order valence-corrected chi connectivity index (χ3v) is 4.49. The second kappa shape index (κ2) is 4.99. The van der Waals surface area contributed by atoms with Gasteiger partial charge in [-0.1, -0.05) is 6.07 Å². The van der Waals surface area contributed by atoms with Crippen LogP contribution in [0.25, 0.3) is 10.9 Å². The van der Waals surface area contributed by atoms with Gasteiger partial charge in [-0.25, -0.2) is 0 Å². The van der Waals surface area contributed by atoms with Crippen LogP contribution in [0, 0.1) is 6.92 Å². The molecule has 2 heterocycles. The van der Waals surface area contributed by atoms with E-state index in [-0.39, 0.29) is 0 Å². The molecule has 3 nitrogen and oxygen atoms in total. The van der Waals surface area contributed by atoms with Crippen molar-refractivity contribution in [2.45, 2.75) is 19.9 Å². The van der Waals surface area contributed by atoms with Crippen molar-refractivity contribution >= 4 is 10.9 Å². The van der Waals surface area contributed by atoms with E-state index in [1.54, 1.807) is 0 Å². The van der Waals surface area contributed by atoms with Gasteiger partial charge in [0.25, 0.3) is 0 Å². The maximum atomic E-state index is 3.42. The number of aryl methyl sites for hydroxylation is 2. The number of nitrogens with zero attached hydrogens (tertiary/aromatic N) is 2. The predicted octanol–water partition coefficient (Wildman–Crippen LogP) is 2.45. The van der Waals surface area contributed by atoms with Crippen molar-refractivity contribution in [3.05, 3.63) is 35.5 Å². The zero-order valence-electron chi connectivity index (χ0n) is 12.1. The normalized spacial score (nSPS) is 18.9. The van der Waals surface area contributed by atoms with E-state index in [0.29, 0.717) is 6.04 Å². The van der Waals surface area contributed by atoms with E-state index in [0.717, 1.165) is 26.2 Å². The molecule has 1 aromatic carbocycles. The van der Waals surface area contributed by atoms with Gasteiger partial charge in [0.05, 0.1) is 0 Å². The van der Waals surface area contributed by atoms with Crippen molar-refractivity contribution < 1.29 is 0 Å². The molecule has 1 fully saturated rings. The Hall–Kier alpha value is -1.32. The van der Waals surface area contributed by atoms with Crippen LogP contribution in [-0.2, 0) is 7.05 Å². The minimum Gasteiger partial charge on any atom is -0.348 e. The molecule has 0 amide bonds. The second-order valence-electron chi connectivity index (χ2n) is 5.62. The Bertz CT molecular complexity index is 579. The van der Waals surface area contributed by atoms with Crippen LogP contribution in [-0.4, -0.2) is 35.6 Å². The van der Waals surface area contributed by atoms with E-state index < -0.39 is 0 Å².